The zero-order valence-electron chi connectivity index (χ0n) is 13.1. The van der Waals surface area contributed by atoms with Gasteiger partial charge in [-0.2, -0.15) is 0 Å². The number of rotatable bonds is 5. The molecule has 128 valence electrons. The first kappa shape index (κ1) is 18.5. The summed E-state index contributed by atoms with van der Waals surface area (Å²) in [5.41, 5.74) is 0.838. The fourth-order valence-corrected chi connectivity index (χ4v) is 4.56. The number of carbonyl (C=O) groups is 1. The topological polar surface area (TPSA) is 66.5 Å². The van der Waals surface area contributed by atoms with Crippen LogP contribution in [0.5, 0.6) is 0 Å². The SMILES string of the molecule is C[C@H](C(=O)N[C@H]1CCS(=O)(=O)C1)N(C)Cc1cccc(Cl)c1Cl. The highest BCUT2D eigenvalue weighted by Crippen LogP contribution is 2.26. The maximum atomic E-state index is 12.3. The van der Waals surface area contributed by atoms with Gasteiger partial charge in [-0.1, -0.05) is 35.3 Å². The van der Waals surface area contributed by atoms with E-state index in [-0.39, 0.29) is 23.5 Å². The predicted molar refractivity (Wildman–Crippen MR) is 92.6 cm³/mol. The molecule has 1 saturated heterocycles. The fraction of sp³-hybridized carbons (Fsp3) is 0.533. The minimum atomic E-state index is -3.01. The van der Waals surface area contributed by atoms with Gasteiger partial charge in [0.25, 0.3) is 0 Å². The molecule has 0 unspecified atom stereocenters. The molecule has 23 heavy (non-hydrogen) atoms. The van der Waals surface area contributed by atoms with Crippen LogP contribution in [0.1, 0.15) is 18.9 Å². The molecule has 0 bridgehead atoms. The summed E-state index contributed by atoms with van der Waals surface area (Å²) >= 11 is 12.2. The molecule has 1 aliphatic rings. The van der Waals surface area contributed by atoms with Crippen molar-refractivity contribution in [2.75, 3.05) is 18.6 Å². The van der Waals surface area contributed by atoms with Gasteiger partial charge in [-0.15, -0.1) is 0 Å². The van der Waals surface area contributed by atoms with Gasteiger partial charge in [0.2, 0.25) is 5.91 Å². The Hall–Kier alpha value is -0.820. The summed E-state index contributed by atoms with van der Waals surface area (Å²) in [4.78, 5) is 14.1. The second-order valence-electron chi connectivity index (χ2n) is 5.91. The molecule has 1 aromatic carbocycles. The highest BCUT2D eigenvalue weighted by molar-refractivity contribution is 7.91. The molecule has 0 aromatic heterocycles. The van der Waals surface area contributed by atoms with Crippen LogP contribution in [0.3, 0.4) is 0 Å². The molecule has 8 heteroatoms. The van der Waals surface area contributed by atoms with Gasteiger partial charge in [0.1, 0.15) is 0 Å². The Morgan fingerprint density at radius 3 is 2.74 bits per heavy atom. The number of carbonyl (C=O) groups excluding carboxylic acids is 1. The number of benzene rings is 1. The molecule has 1 aromatic rings. The van der Waals surface area contributed by atoms with Crippen LogP contribution in [0.15, 0.2) is 18.2 Å². The normalized spacial score (nSPS) is 21.3. The lowest BCUT2D eigenvalue weighted by molar-refractivity contribution is -0.126. The summed E-state index contributed by atoms with van der Waals surface area (Å²) in [6, 6.07) is 4.68. The van der Waals surface area contributed by atoms with Crippen molar-refractivity contribution in [3.8, 4) is 0 Å². The van der Waals surface area contributed by atoms with E-state index >= 15 is 0 Å². The van der Waals surface area contributed by atoms with Crippen molar-refractivity contribution in [1.29, 1.82) is 0 Å². The third kappa shape index (κ3) is 4.83. The summed E-state index contributed by atoms with van der Waals surface area (Å²) in [6.45, 7) is 2.24. The van der Waals surface area contributed by atoms with Crippen LogP contribution in [-0.2, 0) is 21.2 Å². The molecular weight excluding hydrogens is 359 g/mol. The first-order valence-electron chi connectivity index (χ1n) is 7.33. The van der Waals surface area contributed by atoms with Crippen LogP contribution >= 0.6 is 23.2 Å². The number of sulfone groups is 1. The van der Waals surface area contributed by atoms with E-state index in [9.17, 15) is 13.2 Å². The van der Waals surface area contributed by atoms with Crippen molar-refractivity contribution in [3.05, 3.63) is 33.8 Å². The molecule has 1 heterocycles. The number of likely N-dealkylation sites (N-methyl/N-ethyl adjacent to an activating group) is 1. The van der Waals surface area contributed by atoms with Gasteiger partial charge >= 0.3 is 0 Å². The molecule has 1 amide bonds. The van der Waals surface area contributed by atoms with E-state index in [1.165, 1.54) is 0 Å². The molecule has 0 radical (unpaired) electrons. The van der Waals surface area contributed by atoms with Crippen LogP contribution in [0.25, 0.3) is 0 Å². The lowest BCUT2D eigenvalue weighted by Gasteiger charge is -2.25. The predicted octanol–water partition coefficient (Wildman–Crippen LogP) is 2.12. The molecule has 1 aliphatic heterocycles. The fourth-order valence-electron chi connectivity index (χ4n) is 2.51. The number of halogens is 2. The van der Waals surface area contributed by atoms with Crippen molar-refractivity contribution in [2.24, 2.45) is 0 Å². The maximum absolute atomic E-state index is 12.3. The lowest BCUT2D eigenvalue weighted by atomic mass is 10.1. The van der Waals surface area contributed by atoms with Gasteiger partial charge in [0, 0.05) is 12.6 Å². The summed E-state index contributed by atoms with van der Waals surface area (Å²) in [7, 11) is -1.19. The molecule has 0 saturated carbocycles. The van der Waals surface area contributed by atoms with Gasteiger partial charge in [-0.05, 0) is 32.0 Å². The van der Waals surface area contributed by atoms with Crippen molar-refractivity contribution < 1.29 is 13.2 Å². The number of nitrogens with one attached hydrogen (secondary N) is 1. The minimum Gasteiger partial charge on any atom is -0.351 e. The molecule has 1 N–H and O–H groups in total. The third-order valence-electron chi connectivity index (χ3n) is 4.07. The zero-order chi connectivity index (χ0) is 17.2. The van der Waals surface area contributed by atoms with Crippen LogP contribution in [0.4, 0.5) is 0 Å². The van der Waals surface area contributed by atoms with Gasteiger partial charge in [0.05, 0.1) is 27.6 Å². The average Bonchev–Trinajstić information content (AvgIpc) is 2.81. The van der Waals surface area contributed by atoms with E-state index in [0.717, 1.165) is 5.56 Å². The van der Waals surface area contributed by atoms with Crippen LogP contribution in [-0.4, -0.2) is 49.9 Å². The Labute approximate surface area is 146 Å². The molecule has 0 spiro atoms. The van der Waals surface area contributed by atoms with Crippen molar-refractivity contribution in [3.63, 3.8) is 0 Å². The van der Waals surface area contributed by atoms with Gasteiger partial charge < -0.3 is 5.32 Å². The Balaban J connectivity index is 1.95. The highest BCUT2D eigenvalue weighted by atomic mass is 35.5. The summed E-state index contributed by atoms with van der Waals surface area (Å²) < 4.78 is 22.9. The van der Waals surface area contributed by atoms with Crippen LogP contribution < -0.4 is 5.32 Å². The number of hydrogen-bond donors (Lipinski definition) is 1. The number of hydrogen-bond acceptors (Lipinski definition) is 4. The van der Waals surface area contributed by atoms with Crippen molar-refractivity contribution >= 4 is 38.9 Å². The highest BCUT2D eigenvalue weighted by Gasteiger charge is 2.30. The first-order chi connectivity index (χ1) is 10.7. The molecule has 2 atom stereocenters. The first-order valence-corrected chi connectivity index (χ1v) is 9.91. The van der Waals surface area contributed by atoms with Crippen LogP contribution in [0.2, 0.25) is 10.0 Å². The molecule has 1 fully saturated rings. The Morgan fingerprint density at radius 2 is 2.13 bits per heavy atom. The number of nitrogens with zero attached hydrogens (tertiary/aromatic N) is 1. The Kier molecular flexibility index (Phi) is 5.94. The Bertz CT molecular complexity index is 694. The van der Waals surface area contributed by atoms with Crippen molar-refractivity contribution in [2.45, 2.75) is 32.0 Å². The molecule has 5 nitrogen and oxygen atoms in total. The van der Waals surface area contributed by atoms with Crippen molar-refractivity contribution in [1.82, 2.24) is 10.2 Å². The van der Waals surface area contributed by atoms with E-state index in [4.69, 9.17) is 23.2 Å². The number of amides is 1. The van der Waals surface area contributed by atoms with Gasteiger partial charge in [-0.3, -0.25) is 9.69 Å². The minimum absolute atomic E-state index is 0.0231. The van der Waals surface area contributed by atoms with E-state index in [1.54, 1.807) is 13.0 Å². The third-order valence-corrected chi connectivity index (χ3v) is 6.70. The van der Waals surface area contributed by atoms with E-state index in [1.807, 2.05) is 24.1 Å². The monoisotopic (exact) mass is 378 g/mol. The lowest BCUT2D eigenvalue weighted by Crippen LogP contribution is -2.47. The smallest absolute Gasteiger partial charge is 0.237 e. The second kappa shape index (κ2) is 7.38. The molecule has 2 rings (SSSR count). The van der Waals surface area contributed by atoms with E-state index in [2.05, 4.69) is 5.32 Å². The standard InChI is InChI=1S/C15H20Cl2N2O3S/c1-10(15(20)18-12-6-7-23(21,22)9-12)19(2)8-11-4-3-5-13(16)14(11)17/h3-5,10,12H,6-9H2,1-2H3,(H,18,20)/t10-,12+/m1/s1. The average molecular weight is 379 g/mol. The van der Waals surface area contributed by atoms with Gasteiger partial charge in [0.15, 0.2) is 9.84 Å². The summed E-state index contributed by atoms with van der Waals surface area (Å²) in [6.07, 6.45) is 0.477. The quantitative estimate of drug-likeness (QED) is 0.851. The second-order valence-corrected chi connectivity index (χ2v) is 8.93. The summed E-state index contributed by atoms with van der Waals surface area (Å²) in [5.74, 6) is -0.0250. The van der Waals surface area contributed by atoms with Gasteiger partial charge in [-0.25, -0.2) is 8.42 Å². The Morgan fingerprint density at radius 1 is 1.43 bits per heavy atom. The molecule has 0 aliphatic carbocycles. The maximum Gasteiger partial charge on any atom is 0.237 e. The van der Waals surface area contributed by atoms with Crippen LogP contribution in [0, 0.1) is 0 Å². The molecular formula is C15H20Cl2N2O3S. The zero-order valence-corrected chi connectivity index (χ0v) is 15.4. The van der Waals surface area contributed by atoms with E-state index < -0.39 is 15.9 Å². The van der Waals surface area contributed by atoms with E-state index in [0.29, 0.717) is 23.0 Å². The largest absolute Gasteiger partial charge is 0.351 e. The summed E-state index contributed by atoms with van der Waals surface area (Å²) in [5, 5.41) is 3.77.